The number of methoxy groups -OCH3 is 1. The highest BCUT2D eigenvalue weighted by Gasteiger charge is 2.14. The van der Waals surface area contributed by atoms with E-state index < -0.39 is 0 Å². The second-order valence-corrected chi connectivity index (χ2v) is 9.77. The second-order valence-electron chi connectivity index (χ2n) is 8.42. The van der Waals surface area contributed by atoms with Gasteiger partial charge in [0.05, 0.1) is 24.2 Å². The van der Waals surface area contributed by atoms with Crippen LogP contribution in [0.25, 0.3) is 10.9 Å². The van der Waals surface area contributed by atoms with Gasteiger partial charge < -0.3 is 9.47 Å². The molecular formula is C29H27BrClN3O3. The van der Waals surface area contributed by atoms with Crippen LogP contribution in [0.15, 0.2) is 81.6 Å². The van der Waals surface area contributed by atoms with E-state index in [1.165, 1.54) is 4.68 Å². The fourth-order valence-corrected chi connectivity index (χ4v) is 4.43. The van der Waals surface area contributed by atoms with Crippen LogP contribution >= 0.6 is 27.5 Å². The molecule has 4 rings (SSSR count). The number of hydrogen-bond donors (Lipinski definition) is 0. The van der Waals surface area contributed by atoms with Crippen LogP contribution in [0.4, 0.5) is 0 Å². The molecule has 1 aromatic heterocycles. The quantitative estimate of drug-likeness (QED) is 0.150. The van der Waals surface area contributed by atoms with Gasteiger partial charge in [-0.2, -0.15) is 9.78 Å². The Hall–Kier alpha value is -3.42. The maximum Gasteiger partial charge on any atom is 0.282 e. The first-order chi connectivity index (χ1) is 17.9. The zero-order valence-corrected chi connectivity index (χ0v) is 23.1. The van der Waals surface area contributed by atoms with Gasteiger partial charge in [0.25, 0.3) is 5.56 Å². The van der Waals surface area contributed by atoms with Crippen LogP contribution < -0.4 is 15.0 Å². The predicted molar refractivity (Wildman–Crippen MR) is 153 cm³/mol. The second kappa shape index (κ2) is 12.2. The lowest BCUT2D eigenvalue weighted by Crippen LogP contribution is -2.22. The van der Waals surface area contributed by atoms with E-state index in [0.29, 0.717) is 52.7 Å². The first-order valence-corrected chi connectivity index (χ1v) is 13.0. The van der Waals surface area contributed by atoms with E-state index in [9.17, 15) is 4.79 Å². The summed E-state index contributed by atoms with van der Waals surface area (Å²) in [5, 5.41) is 5.73. The molecule has 37 heavy (non-hydrogen) atoms. The molecule has 0 atom stereocenters. The summed E-state index contributed by atoms with van der Waals surface area (Å²) in [5.41, 5.74) is 3.08. The molecule has 0 spiro atoms. The molecule has 0 unspecified atom stereocenters. The third-order valence-corrected chi connectivity index (χ3v) is 6.45. The largest absolute Gasteiger partial charge is 0.493 e. The zero-order chi connectivity index (χ0) is 26.4. The van der Waals surface area contributed by atoms with Crippen LogP contribution in [0, 0.1) is 0 Å². The summed E-state index contributed by atoms with van der Waals surface area (Å²) in [7, 11) is 1.60. The van der Waals surface area contributed by atoms with Crippen LogP contribution in [-0.2, 0) is 19.4 Å². The lowest BCUT2D eigenvalue weighted by atomic mass is 10.1. The van der Waals surface area contributed by atoms with E-state index in [0.717, 1.165) is 27.6 Å². The topological polar surface area (TPSA) is 65.7 Å². The summed E-state index contributed by atoms with van der Waals surface area (Å²) in [6.45, 7) is 6.28. The maximum atomic E-state index is 13.3. The molecule has 190 valence electrons. The Kier molecular flexibility index (Phi) is 8.79. The van der Waals surface area contributed by atoms with E-state index in [1.807, 2.05) is 55.5 Å². The van der Waals surface area contributed by atoms with E-state index in [4.69, 9.17) is 26.1 Å². The number of aryl methyl sites for hydroxylation is 1. The SMILES string of the molecule is C=CCc1cc(C=Nn2c(CCC)nc3ccc(Br)cc3c2=O)cc(OC)c1OCc1ccc(Cl)cc1. The Bertz CT molecular complexity index is 1510. The van der Waals surface area contributed by atoms with Gasteiger partial charge >= 0.3 is 0 Å². The van der Waals surface area contributed by atoms with E-state index in [2.05, 4.69) is 27.6 Å². The Morgan fingerprint density at radius 3 is 2.65 bits per heavy atom. The molecule has 0 fully saturated rings. The molecule has 3 aromatic carbocycles. The Morgan fingerprint density at radius 2 is 1.95 bits per heavy atom. The molecule has 8 heteroatoms. The molecule has 0 radical (unpaired) electrons. The average Bonchev–Trinajstić information content (AvgIpc) is 2.89. The summed E-state index contributed by atoms with van der Waals surface area (Å²) >= 11 is 9.43. The van der Waals surface area contributed by atoms with Crippen LogP contribution in [0.2, 0.25) is 5.02 Å². The summed E-state index contributed by atoms with van der Waals surface area (Å²) < 4.78 is 14.0. The summed E-state index contributed by atoms with van der Waals surface area (Å²) in [6, 6.07) is 16.8. The number of halogens is 2. The van der Waals surface area contributed by atoms with Gasteiger partial charge in [-0.1, -0.05) is 52.7 Å². The van der Waals surface area contributed by atoms with Gasteiger partial charge in [0.1, 0.15) is 12.4 Å². The van der Waals surface area contributed by atoms with Gasteiger partial charge in [0, 0.05) is 21.5 Å². The van der Waals surface area contributed by atoms with Gasteiger partial charge in [0.2, 0.25) is 0 Å². The summed E-state index contributed by atoms with van der Waals surface area (Å²) in [6.07, 6.45) is 5.48. The van der Waals surface area contributed by atoms with E-state index in [-0.39, 0.29) is 5.56 Å². The smallest absolute Gasteiger partial charge is 0.282 e. The van der Waals surface area contributed by atoms with Crippen molar-refractivity contribution in [3.05, 3.63) is 110 Å². The van der Waals surface area contributed by atoms with Gasteiger partial charge in [0.15, 0.2) is 11.5 Å². The van der Waals surface area contributed by atoms with Crippen molar-refractivity contribution in [2.75, 3.05) is 7.11 Å². The minimum Gasteiger partial charge on any atom is -0.493 e. The lowest BCUT2D eigenvalue weighted by Gasteiger charge is -2.16. The number of benzene rings is 3. The Balaban J connectivity index is 1.72. The number of fused-ring (bicyclic) bond motifs is 1. The number of hydrogen-bond acceptors (Lipinski definition) is 5. The normalized spacial score (nSPS) is 11.2. The van der Waals surface area contributed by atoms with Crippen molar-refractivity contribution in [2.24, 2.45) is 5.10 Å². The monoisotopic (exact) mass is 579 g/mol. The molecular weight excluding hydrogens is 554 g/mol. The third-order valence-electron chi connectivity index (χ3n) is 5.71. The number of nitrogens with zero attached hydrogens (tertiary/aromatic N) is 3. The van der Waals surface area contributed by atoms with Crippen molar-refractivity contribution in [1.82, 2.24) is 9.66 Å². The first-order valence-electron chi connectivity index (χ1n) is 11.9. The predicted octanol–water partition coefficient (Wildman–Crippen LogP) is 6.96. The molecule has 0 N–H and O–H groups in total. The highest BCUT2D eigenvalue weighted by atomic mass is 79.9. The molecule has 0 saturated carbocycles. The fourth-order valence-electron chi connectivity index (χ4n) is 3.94. The minimum atomic E-state index is -0.216. The Morgan fingerprint density at radius 1 is 1.16 bits per heavy atom. The zero-order valence-electron chi connectivity index (χ0n) is 20.7. The van der Waals surface area contributed by atoms with Crippen molar-refractivity contribution in [3.8, 4) is 11.5 Å². The van der Waals surface area contributed by atoms with E-state index in [1.54, 1.807) is 25.5 Å². The summed E-state index contributed by atoms with van der Waals surface area (Å²) in [5.74, 6) is 1.81. The number of aromatic nitrogens is 2. The van der Waals surface area contributed by atoms with Crippen molar-refractivity contribution in [1.29, 1.82) is 0 Å². The van der Waals surface area contributed by atoms with Gasteiger partial charge in [-0.25, -0.2) is 4.98 Å². The van der Waals surface area contributed by atoms with Gasteiger partial charge in [-0.3, -0.25) is 4.79 Å². The maximum absolute atomic E-state index is 13.3. The van der Waals surface area contributed by atoms with Crippen molar-refractivity contribution < 1.29 is 9.47 Å². The van der Waals surface area contributed by atoms with E-state index >= 15 is 0 Å². The van der Waals surface area contributed by atoms with Crippen LogP contribution in [0.5, 0.6) is 11.5 Å². The molecule has 0 aliphatic heterocycles. The first kappa shape index (κ1) is 26.6. The molecule has 0 aliphatic rings. The van der Waals surface area contributed by atoms with Crippen molar-refractivity contribution >= 4 is 44.6 Å². The van der Waals surface area contributed by atoms with Crippen LogP contribution in [-0.4, -0.2) is 23.0 Å². The molecule has 6 nitrogen and oxygen atoms in total. The number of allylic oxidation sites excluding steroid dienone is 1. The average molecular weight is 581 g/mol. The minimum absolute atomic E-state index is 0.216. The van der Waals surface area contributed by atoms with Crippen molar-refractivity contribution in [2.45, 2.75) is 32.8 Å². The van der Waals surface area contributed by atoms with Gasteiger partial charge in [-0.05, 0) is 66.4 Å². The highest BCUT2D eigenvalue weighted by molar-refractivity contribution is 9.10. The highest BCUT2D eigenvalue weighted by Crippen LogP contribution is 2.34. The number of ether oxygens (including phenoxy) is 2. The molecule has 1 heterocycles. The van der Waals surface area contributed by atoms with Crippen LogP contribution in [0.3, 0.4) is 0 Å². The lowest BCUT2D eigenvalue weighted by molar-refractivity contribution is 0.282. The summed E-state index contributed by atoms with van der Waals surface area (Å²) in [4.78, 5) is 18.0. The van der Waals surface area contributed by atoms with Gasteiger partial charge in [-0.15, -0.1) is 6.58 Å². The molecule has 0 bridgehead atoms. The molecule has 4 aromatic rings. The number of rotatable bonds is 10. The van der Waals surface area contributed by atoms with Crippen molar-refractivity contribution in [3.63, 3.8) is 0 Å². The Labute approximate surface area is 229 Å². The molecule has 0 aliphatic carbocycles. The fraction of sp³-hybridized carbons (Fsp3) is 0.207. The molecule has 0 saturated heterocycles. The third kappa shape index (κ3) is 6.29. The standard InChI is InChI=1S/C29H27BrClN3O3/c1-4-6-21-14-20(15-26(36-3)28(21)37-18-19-8-11-23(31)12-9-19)17-32-34-27(7-5-2)33-25-13-10-22(30)16-24(25)29(34)35/h4,8-17H,1,5-7,18H2,2-3H3. The molecule has 0 amide bonds. The van der Waals surface area contributed by atoms with Crippen LogP contribution in [0.1, 0.15) is 35.9 Å².